The zero-order valence-corrected chi connectivity index (χ0v) is 15.7. The molecule has 0 amide bonds. The summed E-state index contributed by atoms with van der Waals surface area (Å²) >= 11 is 0. The summed E-state index contributed by atoms with van der Waals surface area (Å²) in [5.41, 5.74) is 3.18. The molecule has 0 bridgehead atoms. The maximum Gasteiger partial charge on any atom is 0.323 e. The summed E-state index contributed by atoms with van der Waals surface area (Å²) in [4.78, 5) is 25.2. The Hall–Kier alpha value is -2.40. The molecular formula is C22H24O5. The van der Waals surface area contributed by atoms with E-state index in [1.165, 1.54) is 19.8 Å². The van der Waals surface area contributed by atoms with Crippen molar-refractivity contribution in [1.29, 1.82) is 0 Å². The van der Waals surface area contributed by atoms with Crippen LogP contribution >= 0.6 is 0 Å². The summed E-state index contributed by atoms with van der Waals surface area (Å²) in [5.74, 6) is -1.06. The van der Waals surface area contributed by atoms with Crippen molar-refractivity contribution in [2.75, 3.05) is 14.2 Å². The van der Waals surface area contributed by atoms with E-state index in [4.69, 9.17) is 14.2 Å². The first kappa shape index (κ1) is 18.0. The Morgan fingerprint density at radius 2 is 1.81 bits per heavy atom. The lowest BCUT2D eigenvalue weighted by Gasteiger charge is -2.40. The fraction of sp³-hybridized carbons (Fsp3) is 0.455. The molecule has 27 heavy (non-hydrogen) atoms. The Balaban J connectivity index is 1.82. The highest BCUT2D eigenvalue weighted by Gasteiger charge is 2.53. The molecule has 1 heterocycles. The van der Waals surface area contributed by atoms with Crippen LogP contribution in [0.15, 0.2) is 53.1 Å². The molecule has 0 aromatic heterocycles. The number of allylic oxidation sites excluding steroid dienone is 1. The van der Waals surface area contributed by atoms with E-state index in [2.05, 4.69) is 12.1 Å². The lowest BCUT2D eigenvalue weighted by molar-refractivity contribution is -0.169. The summed E-state index contributed by atoms with van der Waals surface area (Å²) in [6, 6.07) is 10.1. The number of benzene rings is 1. The Labute approximate surface area is 159 Å². The summed E-state index contributed by atoms with van der Waals surface area (Å²) in [6.07, 6.45) is 5.41. The van der Waals surface area contributed by atoms with Gasteiger partial charge in [-0.1, -0.05) is 36.4 Å². The zero-order valence-electron chi connectivity index (χ0n) is 15.7. The minimum atomic E-state index is -1.30. The number of carbonyl (C=O) groups is 2. The SMILES string of the molecule is COC(=O)C1(C(=O)OC)CC=C2C(=C3CCC[C@H]3O[C@@H]2c2ccccc2)C1. The molecular weight excluding hydrogens is 344 g/mol. The molecule has 2 atom stereocenters. The summed E-state index contributed by atoms with van der Waals surface area (Å²) in [6.45, 7) is 0. The molecule has 4 rings (SSSR count). The molecule has 0 N–H and O–H groups in total. The van der Waals surface area contributed by atoms with Gasteiger partial charge in [-0.15, -0.1) is 0 Å². The molecule has 1 aromatic carbocycles. The standard InChI is InChI=1S/C22H24O5/c1-25-20(23)22(21(24)26-2)12-11-16-17(13-22)15-9-6-10-18(15)27-19(16)14-7-4-3-5-8-14/h3-5,7-8,11,18-19H,6,9-10,12-13H2,1-2H3/t18-,19-/m1/s1. The van der Waals surface area contributed by atoms with Gasteiger partial charge in [-0.25, -0.2) is 0 Å². The van der Waals surface area contributed by atoms with Gasteiger partial charge in [0.15, 0.2) is 5.41 Å². The zero-order chi connectivity index (χ0) is 19.0. The van der Waals surface area contributed by atoms with Crippen LogP contribution in [-0.4, -0.2) is 32.3 Å². The minimum absolute atomic E-state index is 0.0495. The van der Waals surface area contributed by atoms with Gasteiger partial charge in [-0.2, -0.15) is 0 Å². The number of carbonyl (C=O) groups excluding carboxylic acids is 2. The molecule has 2 aliphatic carbocycles. The van der Waals surface area contributed by atoms with Crippen LogP contribution < -0.4 is 0 Å². The van der Waals surface area contributed by atoms with E-state index >= 15 is 0 Å². The van der Waals surface area contributed by atoms with Crippen LogP contribution in [0.2, 0.25) is 0 Å². The Morgan fingerprint density at radius 3 is 2.48 bits per heavy atom. The predicted molar refractivity (Wildman–Crippen MR) is 98.7 cm³/mol. The molecule has 0 saturated heterocycles. The normalized spacial score (nSPS) is 25.9. The molecule has 1 saturated carbocycles. The fourth-order valence-corrected chi connectivity index (χ4v) is 4.66. The van der Waals surface area contributed by atoms with Gasteiger partial charge in [0.25, 0.3) is 0 Å². The number of hydrogen-bond donors (Lipinski definition) is 0. The largest absolute Gasteiger partial charge is 0.468 e. The Kier molecular flexibility index (Phi) is 4.64. The summed E-state index contributed by atoms with van der Waals surface area (Å²) in [7, 11) is 2.64. The topological polar surface area (TPSA) is 61.8 Å². The Bertz CT molecular complexity index is 804. The molecule has 1 aliphatic heterocycles. The van der Waals surface area contributed by atoms with Crippen molar-refractivity contribution in [3.63, 3.8) is 0 Å². The van der Waals surface area contributed by atoms with Gasteiger partial charge in [0, 0.05) is 0 Å². The van der Waals surface area contributed by atoms with Crippen molar-refractivity contribution < 1.29 is 23.8 Å². The summed E-state index contributed by atoms with van der Waals surface area (Å²) < 4.78 is 16.4. The molecule has 1 fully saturated rings. The predicted octanol–water partition coefficient (Wildman–Crippen LogP) is 3.66. The molecule has 0 spiro atoms. The highest BCUT2D eigenvalue weighted by Crippen LogP contribution is 2.52. The van der Waals surface area contributed by atoms with E-state index in [1.807, 2.05) is 24.3 Å². The highest BCUT2D eigenvalue weighted by atomic mass is 16.5. The van der Waals surface area contributed by atoms with Crippen molar-refractivity contribution >= 4 is 11.9 Å². The number of esters is 2. The quantitative estimate of drug-likeness (QED) is 0.602. The van der Waals surface area contributed by atoms with E-state index in [-0.39, 0.29) is 18.6 Å². The molecule has 142 valence electrons. The number of methoxy groups -OCH3 is 2. The second-order valence-electron chi connectivity index (χ2n) is 7.42. The van der Waals surface area contributed by atoms with Crippen molar-refractivity contribution in [3.8, 4) is 0 Å². The third kappa shape index (κ3) is 2.81. The average Bonchev–Trinajstić information content (AvgIpc) is 3.21. The lowest BCUT2D eigenvalue weighted by Crippen LogP contribution is -2.44. The molecule has 5 nitrogen and oxygen atoms in total. The monoisotopic (exact) mass is 368 g/mol. The first-order valence-electron chi connectivity index (χ1n) is 9.40. The van der Waals surface area contributed by atoms with Gasteiger partial charge >= 0.3 is 11.9 Å². The van der Waals surface area contributed by atoms with E-state index in [0.29, 0.717) is 6.42 Å². The van der Waals surface area contributed by atoms with Crippen LogP contribution in [0.1, 0.15) is 43.8 Å². The number of fused-ring (bicyclic) bond motifs is 2. The van der Waals surface area contributed by atoms with Crippen molar-refractivity contribution in [3.05, 3.63) is 58.7 Å². The average molecular weight is 368 g/mol. The molecule has 3 aliphatic rings. The van der Waals surface area contributed by atoms with E-state index in [9.17, 15) is 9.59 Å². The third-order valence-corrected chi connectivity index (χ3v) is 6.02. The molecule has 0 radical (unpaired) electrons. The van der Waals surface area contributed by atoms with Crippen molar-refractivity contribution in [1.82, 2.24) is 0 Å². The van der Waals surface area contributed by atoms with Gasteiger partial charge in [0.2, 0.25) is 0 Å². The lowest BCUT2D eigenvalue weighted by atomic mass is 9.68. The number of hydrogen-bond acceptors (Lipinski definition) is 5. The highest BCUT2D eigenvalue weighted by molar-refractivity contribution is 6.01. The molecule has 1 aromatic rings. The third-order valence-electron chi connectivity index (χ3n) is 6.02. The molecule has 0 unspecified atom stereocenters. The van der Waals surface area contributed by atoms with Gasteiger partial charge in [0.05, 0.1) is 20.3 Å². The summed E-state index contributed by atoms with van der Waals surface area (Å²) in [5, 5.41) is 0. The second-order valence-corrected chi connectivity index (χ2v) is 7.42. The Morgan fingerprint density at radius 1 is 1.11 bits per heavy atom. The van der Waals surface area contributed by atoms with Crippen LogP contribution in [0, 0.1) is 5.41 Å². The van der Waals surface area contributed by atoms with Gasteiger partial charge in [0.1, 0.15) is 6.10 Å². The molecule has 5 heteroatoms. The maximum atomic E-state index is 12.6. The van der Waals surface area contributed by atoms with Gasteiger partial charge in [-0.05, 0) is 54.4 Å². The van der Waals surface area contributed by atoms with Crippen LogP contribution in [-0.2, 0) is 23.8 Å². The van der Waals surface area contributed by atoms with Crippen LogP contribution in [0.3, 0.4) is 0 Å². The maximum absolute atomic E-state index is 12.6. The minimum Gasteiger partial charge on any atom is -0.468 e. The fourth-order valence-electron chi connectivity index (χ4n) is 4.66. The first-order chi connectivity index (χ1) is 13.1. The van der Waals surface area contributed by atoms with Crippen molar-refractivity contribution in [2.24, 2.45) is 5.41 Å². The van der Waals surface area contributed by atoms with Crippen LogP contribution in [0.4, 0.5) is 0 Å². The van der Waals surface area contributed by atoms with E-state index < -0.39 is 17.4 Å². The van der Waals surface area contributed by atoms with Crippen molar-refractivity contribution in [2.45, 2.75) is 44.3 Å². The number of ether oxygens (including phenoxy) is 3. The van der Waals surface area contributed by atoms with E-state index in [1.54, 1.807) is 0 Å². The van der Waals surface area contributed by atoms with Crippen LogP contribution in [0.5, 0.6) is 0 Å². The smallest absolute Gasteiger partial charge is 0.323 e. The van der Waals surface area contributed by atoms with E-state index in [0.717, 1.165) is 36.0 Å². The van der Waals surface area contributed by atoms with Crippen LogP contribution in [0.25, 0.3) is 0 Å². The van der Waals surface area contributed by atoms with Gasteiger partial charge < -0.3 is 14.2 Å². The second kappa shape index (κ2) is 6.97. The van der Waals surface area contributed by atoms with Gasteiger partial charge in [-0.3, -0.25) is 9.59 Å². The first-order valence-corrected chi connectivity index (χ1v) is 9.40. The number of rotatable bonds is 3.